The van der Waals surface area contributed by atoms with Crippen molar-refractivity contribution in [2.45, 2.75) is 0 Å². The Bertz CT molecular complexity index is 3940. The fourth-order valence-electron chi connectivity index (χ4n) is 9.52. The van der Waals surface area contributed by atoms with Crippen LogP contribution in [0.25, 0.3) is 127 Å². The summed E-state index contributed by atoms with van der Waals surface area (Å²) in [5, 5.41) is 11.4. The van der Waals surface area contributed by atoms with Crippen LogP contribution in [0.3, 0.4) is 0 Å². The predicted molar refractivity (Wildman–Crippen MR) is 256 cm³/mol. The third-order valence-electron chi connectivity index (χ3n) is 12.4. The maximum absolute atomic E-state index is 6.76. The van der Waals surface area contributed by atoms with Gasteiger partial charge in [0.05, 0.1) is 22.1 Å². The first-order chi connectivity index (χ1) is 30.7. The molecular formula is C57H34N4O. The second-order valence-corrected chi connectivity index (χ2v) is 16.0. The van der Waals surface area contributed by atoms with Gasteiger partial charge in [-0.15, -0.1) is 0 Å². The lowest BCUT2D eigenvalue weighted by molar-refractivity contribution is 0.669. The first kappa shape index (κ1) is 34.5. The van der Waals surface area contributed by atoms with Crippen molar-refractivity contribution in [3.8, 4) is 51.0 Å². The lowest BCUT2D eigenvalue weighted by Gasteiger charge is -2.14. The smallest absolute Gasteiger partial charge is 0.164 e. The van der Waals surface area contributed by atoms with Crippen LogP contribution in [0.5, 0.6) is 0 Å². The summed E-state index contributed by atoms with van der Waals surface area (Å²) < 4.78 is 9.16. The molecule has 0 fully saturated rings. The number of hydrogen-bond donors (Lipinski definition) is 0. The van der Waals surface area contributed by atoms with Crippen molar-refractivity contribution in [2.24, 2.45) is 0 Å². The Kier molecular flexibility index (Phi) is 7.54. The lowest BCUT2D eigenvalue weighted by Crippen LogP contribution is -2.02. The van der Waals surface area contributed by atoms with Gasteiger partial charge in [-0.25, -0.2) is 15.0 Å². The minimum atomic E-state index is 0.558. The van der Waals surface area contributed by atoms with Gasteiger partial charge >= 0.3 is 0 Å². The van der Waals surface area contributed by atoms with Crippen LogP contribution >= 0.6 is 0 Å². The number of benzene rings is 10. The zero-order valence-electron chi connectivity index (χ0n) is 33.3. The molecule has 0 atom stereocenters. The minimum absolute atomic E-state index is 0.558. The first-order valence-corrected chi connectivity index (χ1v) is 20.9. The average molecular weight is 791 g/mol. The molecule has 0 spiro atoms. The van der Waals surface area contributed by atoms with E-state index in [0.29, 0.717) is 17.5 Å². The van der Waals surface area contributed by atoms with E-state index in [0.717, 1.165) is 82.6 Å². The average Bonchev–Trinajstić information content (AvgIpc) is 3.88. The minimum Gasteiger partial charge on any atom is -0.456 e. The van der Waals surface area contributed by atoms with Crippen LogP contribution in [-0.4, -0.2) is 19.5 Å². The second-order valence-electron chi connectivity index (χ2n) is 16.0. The summed E-state index contributed by atoms with van der Waals surface area (Å²) in [7, 11) is 0. The molecule has 0 saturated carbocycles. The van der Waals surface area contributed by atoms with Crippen LogP contribution < -0.4 is 0 Å². The van der Waals surface area contributed by atoms with E-state index in [1.54, 1.807) is 0 Å². The van der Waals surface area contributed by atoms with Crippen molar-refractivity contribution < 1.29 is 4.42 Å². The number of para-hydroxylation sites is 2. The van der Waals surface area contributed by atoms with Crippen LogP contribution in [0.1, 0.15) is 0 Å². The Hall–Kier alpha value is -8.41. The predicted octanol–water partition coefficient (Wildman–Crippen LogP) is 15.0. The van der Waals surface area contributed by atoms with Crippen LogP contribution in [0, 0.1) is 0 Å². The van der Waals surface area contributed by atoms with Crippen molar-refractivity contribution in [3.63, 3.8) is 0 Å². The van der Waals surface area contributed by atoms with Gasteiger partial charge in [0.15, 0.2) is 17.5 Å². The Labute approximate surface area is 355 Å². The van der Waals surface area contributed by atoms with Crippen LogP contribution in [-0.2, 0) is 0 Å². The quantitative estimate of drug-likeness (QED) is 0.163. The van der Waals surface area contributed by atoms with E-state index >= 15 is 0 Å². The second kappa shape index (κ2) is 13.6. The van der Waals surface area contributed by atoms with Gasteiger partial charge < -0.3 is 8.98 Å². The van der Waals surface area contributed by atoms with E-state index in [-0.39, 0.29) is 0 Å². The number of furan rings is 1. The molecule has 10 aromatic carbocycles. The summed E-state index contributed by atoms with van der Waals surface area (Å²) in [4.78, 5) is 16.1. The van der Waals surface area contributed by atoms with Crippen molar-refractivity contribution in [3.05, 3.63) is 206 Å². The van der Waals surface area contributed by atoms with E-state index in [1.807, 2.05) is 18.2 Å². The Morgan fingerprint density at radius 2 is 0.935 bits per heavy atom. The molecule has 0 saturated heterocycles. The summed E-state index contributed by atoms with van der Waals surface area (Å²) in [6, 6.07) is 72.7. The summed E-state index contributed by atoms with van der Waals surface area (Å²) in [5.41, 5.74) is 9.70. The standard InChI is InChI=1S/C57H34N4O/c1-2-15-35(16-3-1)36-20-14-21-40(29-36)55-58-56(60-57(59-55)48-31-39-19-6-7-22-42(39)43-23-8-9-24-44(43)48)41-33-51(54-46-26-11-13-28-52(46)62-53(54)34-41)61-49-27-12-10-25-45(49)47-30-37-17-4-5-18-38(37)32-50(47)61/h1-34H. The number of aromatic nitrogens is 4. The third kappa shape index (κ3) is 5.38. The highest BCUT2D eigenvalue weighted by atomic mass is 16.3. The Morgan fingerprint density at radius 3 is 1.77 bits per heavy atom. The molecule has 13 aromatic rings. The molecule has 13 rings (SSSR count). The number of rotatable bonds is 5. The number of nitrogens with zero attached hydrogens (tertiary/aromatic N) is 4. The van der Waals surface area contributed by atoms with Crippen LogP contribution in [0.2, 0.25) is 0 Å². The van der Waals surface area contributed by atoms with Gasteiger partial charge in [0, 0.05) is 32.8 Å². The molecule has 0 amide bonds. The molecule has 288 valence electrons. The van der Waals surface area contributed by atoms with Crippen LogP contribution in [0.15, 0.2) is 211 Å². The number of hydrogen-bond acceptors (Lipinski definition) is 4. The maximum Gasteiger partial charge on any atom is 0.164 e. The molecule has 5 nitrogen and oxygen atoms in total. The van der Waals surface area contributed by atoms with Gasteiger partial charge in [0.2, 0.25) is 0 Å². The lowest BCUT2D eigenvalue weighted by atomic mass is 9.96. The summed E-state index contributed by atoms with van der Waals surface area (Å²) in [6.45, 7) is 0. The van der Waals surface area contributed by atoms with Gasteiger partial charge in [0.1, 0.15) is 11.2 Å². The van der Waals surface area contributed by atoms with E-state index in [1.165, 1.54) is 26.9 Å². The summed E-state index contributed by atoms with van der Waals surface area (Å²) in [6.07, 6.45) is 0. The molecule has 0 radical (unpaired) electrons. The van der Waals surface area contributed by atoms with Crippen LogP contribution in [0.4, 0.5) is 0 Å². The Morgan fingerprint density at radius 1 is 0.323 bits per heavy atom. The van der Waals surface area contributed by atoms with E-state index in [9.17, 15) is 0 Å². The van der Waals surface area contributed by atoms with Crippen molar-refractivity contribution in [1.29, 1.82) is 0 Å². The van der Waals surface area contributed by atoms with Gasteiger partial charge in [-0.1, -0.05) is 158 Å². The molecule has 0 N–H and O–H groups in total. The SMILES string of the molecule is c1ccc(-c2cccc(-c3nc(-c4cc(-n5c6ccccc6c6cc7ccccc7cc65)c5c(c4)oc4ccccc45)nc(-c4cc5ccccc5c5ccccc45)n3)c2)cc1. The fraction of sp³-hybridized carbons (Fsp3) is 0. The van der Waals surface area contributed by atoms with E-state index in [2.05, 4.69) is 193 Å². The van der Waals surface area contributed by atoms with Gasteiger partial charge in [0.25, 0.3) is 0 Å². The molecular weight excluding hydrogens is 757 g/mol. The molecule has 5 heteroatoms. The molecule has 62 heavy (non-hydrogen) atoms. The monoisotopic (exact) mass is 790 g/mol. The van der Waals surface area contributed by atoms with Gasteiger partial charge in [-0.2, -0.15) is 0 Å². The molecule has 0 aliphatic rings. The van der Waals surface area contributed by atoms with Gasteiger partial charge in [-0.3, -0.25) is 0 Å². The van der Waals surface area contributed by atoms with Crippen molar-refractivity contribution >= 4 is 76.1 Å². The van der Waals surface area contributed by atoms with E-state index < -0.39 is 0 Å². The fourth-order valence-corrected chi connectivity index (χ4v) is 9.52. The molecule has 3 heterocycles. The van der Waals surface area contributed by atoms with Gasteiger partial charge in [-0.05, 0) is 92.0 Å². The zero-order chi connectivity index (χ0) is 40.7. The van der Waals surface area contributed by atoms with Crippen molar-refractivity contribution in [1.82, 2.24) is 19.5 Å². The normalized spacial score (nSPS) is 11.9. The molecule has 0 bridgehead atoms. The molecule has 0 unspecified atom stereocenters. The topological polar surface area (TPSA) is 56.7 Å². The zero-order valence-corrected chi connectivity index (χ0v) is 33.3. The third-order valence-corrected chi connectivity index (χ3v) is 12.4. The summed E-state index contributed by atoms with van der Waals surface area (Å²) in [5.74, 6) is 1.75. The first-order valence-electron chi connectivity index (χ1n) is 20.9. The molecule has 0 aliphatic heterocycles. The summed E-state index contributed by atoms with van der Waals surface area (Å²) >= 11 is 0. The largest absolute Gasteiger partial charge is 0.456 e. The highest BCUT2D eigenvalue weighted by molar-refractivity contribution is 6.17. The maximum atomic E-state index is 6.76. The van der Waals surface area contributed by atoms with Crippen molar-refractivity contribution in [2.75, 3.05) is 0 Å². The number of fused-ring (bicyclic) bond motifs is 10. The highest BCUT2D eigenvalue weighted by Gasteiger charge is 2.22. The molecule has 0 aliphatic carbocycles. The molecule has 3 aromatic heterocycles. The highest BCUT2D eigenvalue weighted by Crippen LogP contribution is 2.43. The Balaban J connectivity index is 1.12. The van der Waals surface area contributed by atoms with E-state index in [4.69, 9.17) is 19.4 Å².